The van der Waals surface area contributed by atoms with Crippen LogP contribution in [0.1, 0.15) is 19.8 Å². The minimum atomic E-state index is -0.763. The number of rotatable bonds is 10. The summed E-state index contributed by atoms with van der Waals surface area (Å²) >= 11 is 12.1. The van der Waals surface area contributed by atoms with Gasteiger partial charge in [0.15, 0.2) is 5.11 Å². The summed E-state index contributed by atoms with van der Waals surface area (Å²) in [5, 5.41) is 3.45. The number of nitrogens with one attached hydrogen (secondary N) is 1. The quantitative estimate of drug-likeness (QED) is 0.442. The number of carbonyl (C=O) groups is 2. The number of halogens is 2. The summed E-state index contributed by atoms with van der Waals surface area (Å²) in [5.41, 5.74) is 0.980. The zero-order valence-corrected chi connectivity index (χ0v) is 23.2. The van der Waals surface area contributed by atoms with E-state index >= 15 is 0 Å². The van der Waals surface area contributed by atoms with Crippen LogP contribution in [0.15, 0.2) is 42.5 Å². The van der Waals surface area contributed by atoms with Gasteiger partial charge in [-0.1, -0.05) is 18.5 Å². The molecule has 2 aliphatic heterocycles. The molecule has 1 atom stereocenters. The summed E-state index contributed by atoms with van der Waals surface area (Å²) in [4.78, 5) is 34.7. The van der Waals surface area contributed by atoms with Gasteiger partial charge in [0.1, 0.15) is 17.6 Å². The number of hydrogen-bond acceptors (Lipinski definition) is 6. The predicted octanol–water partition coefficient (Wildman–Crippen LogP) is 3.85. The highest BCUT2D eigenvalue weighted by molar-refractivity contribution is 7.80. The van der Waals surface area contributed by atoms with Crippen molar-refractivity contribution in [2.24, 2.45) is 0 Å². The largest absolute Gasteiger partial charge is 0.495 e. The lowest BCUT2D eigenvalue weighted by atomic mass is 10.1. The minimum absolute atomic E-state index is 0.0914. The number of amides is 2. The van der Waals surface area contributed by atoms with Crippen molar-refractivity contribution in [2.75, 3.05) is 63.1 Å². The molecule has 2 aromatic rings. The van der Waals surface area contributed by atoms with Gasteiger partial charge in [0.05, 0.1) is 24.2 Å². The van der Waals surface area contributed by atoms with Crippen molar-refractivity contribution in [3.8, 4) is 5.75 Å². The van der Waals surface area contributed by atoms with Crippen LogP contribution in [0.4, 0.5) is 15.8 Å². The van der Waals surface area contributed by atoms with Crippen molar-refractivity contribution in [3.63, 3.8) is 0 Å². The second-order valence-corrected chi connectivity index (χ2v) is 10.1. The van der Waals surface area contributed by atoms with Gasteiger partial charge in [-0.05, 0) is 74.2 Å². The van der Waals surface area contributed by atoms with E-state index in [2.05, 4.69) is 22.0 Å². The number of nitrogens with zero attached hydrogens (tertiary/aromatic N) is 4. The van der Waals surface area contributed by atoms with Gasteiger partial charge in [-0.2, -0.15) is 0 Å². The molecule has 204 valence electrons. The number of methoxy groups -OCH3 is 1. The van der Waals surface area contributed by atoms with Gasteiger partial charge in [-0.15, -0.1) is 0 Å². The van der Waals surface area contributed by atoms with Crippen LogP contribution in [0.3, 0.4) is 0 Å². The van der Waals surface area contributed by atoms with E-state index in [1.165, 1.54) is 36.3 Å². The van der Waals surface area contributed by atoms with Gasteiger partial charge in [-0.25, -0.2) is 4.39 Å². The third kappa shape index (κ3) is 6.61. The molecule has 11 heteroatoms. The average Bonchev–Trinajstić information content (AvgIpc) is 3.14. The van der Waals surface area contributed by atoms with Crippen molar-refractivity contribution in [1.82, 2.24) is 14.7 Å². The van der Waals surface area contributed by atoms with E-state index in [9.17, 15) is 14.0 Å². The number of hydrogen-bond donors (Lipinski definition) is 1. The van der Waals surface area contributed by atoms with Crippen LogP contribution in [-0.4, -0.2) is 90.6 Å². The molecule has 8 nitrogen and oxygen atoms in total. The monoisotopic (exact) mass is 561 g/mol. The molecule has 1 unspecified atom stereocenters. The topological polar surface area (TPSA) is 68.4 Å². The number of benzene rings is 2. The fraction of sp³-hybridized carbons (Fsp3) is 0.444. The van der Waals surface area contributed by atoms with E-state index in [1.54, 1.807) is 18.2 Å². The fourth-order valence-corrected chi connectivity index (χ4v) is 5.50. The van der Waals surface area contributed by atoms with Crippen LogP contribution in [0.2, 0.25) is 5.02 Å². The predicted molar refractivity (Wildman–Crippen MR) is 151 cm³/mol. The molecule has 2 fully saturated rings. The van der Waals surface area contributed by atoms with E-state index in [4.69, 9.17) is 28.6 Å². The second-order valence-electron chi connectivity index (χ2n) is 9.37. The first kappa shape index (κ1) is 28.2. The molecule has 0 aliphatic carbocycles. The molecular weight excluding hydrogens is 529 g/mol. The van der Waals surface area contributed by atoms with Crippen LogP contribution in [0.5, 0.6) is 5.75 Å². The third-order valence-electron chi connectivity index (χ3n) is 7.00. The Morgan fingerprint density at radius 2 is 1.79 bits per heavy atom. The number of carbonyl (C=O) groups excluding carboxylic acids is 2. The van der Waals surface area contributed by atoms with Gasteiger partial charge in [0.25, 0.3) is 5.91 Å². The maximum Gasteiger partial charge on any atom is 0.256 e. The molecule has 0 aromatic heterocycles. The number of anilines is 2. The van der Waals surface area contributed by atoms with Crippen molar-refractivity contribution >= 4 is 52.1 Å². The Kier molecular flexibility index (Phi) is 9.54. The maximum absolute atomic E-state index is 13.6. The molecule has 0 radical (unpaired) electrons. The Bertz CT molecular complexity index is 1160. The average molecular weight is 562 g/mol. The lowest BCUT2D eigenvalue weighted by Crippen LogP contribution is -2.47. The van der Waals surface area contributed by atoms with Gasteiger partial charge in [-0.3, -0.25) is 14.5 Å². The van der Waals surface area contributed by atoms with Crippen molar-refractivity contribution in [2.45, 2.75) is 25.8 Å². The number of ether oxygens (including phenoxy) is 1. The standard InChI is InChI=1S/C27H33ClFN5O3S/c1-3-31-13-15-32(16-14-31)11-4-12-33-23(18-25(35)30-20-7-5-19(29)6-8-20)26(36)34(27(33)38)21-9-10-24(37-2)22(28)17-21/h5-10,17,23H,3-4,11-16,18H2,1-2H3,(H,30,35). The fourth-order valence-electron chi connectivity index (χ4n) is 4.83. The molecule has 2 heterocycles. The molecule has 0 saturated carbocycles. The van der Waals surface area contributed by atoms with Gasteiger partial charge in [0.2, 0.25) is 5.91 Å². The van der Waals surface area contributed by atoms with Gasteiger partial charge >= 0.3 is 0 Å². The SMILES string of the molecule is CCN1CCN(CCCN2C(=S)N(c3ccc(OC)c(Cl)c3)C(=O)C2CC(=O)Nc2ccc(F)cc2)CC1. The molecular formula is C27H33ClFN5O3S. The number of piperazine rings is 1. The van der Waals surface area contributed by atoms with E-state index in [1.807, 2.05) is 4.90 Å². The van der Waals surface area contributed by atoms with E-state index in [0.717, 1.165) is 45.7 Å². The molecule has 2 aliphatic rings. The molecule has 2 saturated heterocycles. The second kappa shape index (κ2) is 12.8. The summed E-state index contributed by atoms with van der Waals surface area (Å²) < 4.78 is 18.5. The van der Waals surface area contributed by atoms with Crippen LogP contribution >= 0.6 is 23.8 Å². The van der Waals surface area contributed by atoms with E-state index in [-0.39, 0.29) is 18.2 Å². The van der Waals surface area contributed by atoms with Crippen molar-refractivity contribution in [1.29, 1.82) is 0 Å². The van der Waals surface area contributed by atoms with Crippen LogP contribution in [0, 0.1) is 5.82 Å². The summed E-state index contributed by atoms with van der Waals surface area (Å²) in [6.07, 6.45) is 0.707. The first-order valence-corrected chi connectivity index (χ1v) is 13.6. The molecule has 1 N–H and O–H groups in total. The summed E-state index contributed by atoms with van der Waals surface area (Å²) in [7, 11) is 1.52. The summed E-state index contributed by atoms with van der Waals surface area (Å²) in [6, 6.07) is 9.79. The lowest BCUT2D eigenvalue weighted by Gasteiger charge is -2.34. The molecule has 38 heavy (non-hydrogen) atoms. The van der Waals surface area contributed by atoms with Gasteiger partial charge < -0.3 is 24.8 Å². The first-order valence-electron chi connectivity index (χ1n) is 12.8. The Morgan fingerprint density at radius 3 is 2.42 bits per heavy atom. The highest BCUT2D eigenvalue weighted by atomic mass is 35.5. The van der Waals surface area contributed by atoms with Crippen molar-refractivity contribution in [3.05, 3.63) is 53.3 Å². The highest BCUT2D eigenvalue weighted by Crippen LogP contribution is 2.33. The molecule has 2 aromatic carbocycles. The van der Waals surface area contributed by atoms with Crippen LogP contribution < -0.4 is 15.0 Å². The number of thiocarbonyl (C=S) groups is 1. The number of likely N-dealkylation sites (N-methyl/N-ethyl adjacent to an activating group) is 1. The van der Waals surface area contributed by atoms with E-state index in [0.29, 0.717) is 33.8 Å². The normalized spacial score (nSPS) is 18.8. The Balaban J connectivity index is 1.48. The zero-order chi connectivity index (χ0) is 27.2. The third-order valence-corrected chi connectivity index (χ3v) is 7.72. The summed E-state index contributed by atoms with van der Waals surface area (Å²) in [5.74, 6) is -0.547. The Hall–Kier alpha value is -2.79. The first-order chi connectivity index (χ1) is 18.3. The Labute approximate surface area is 233 Å². The molecule has 4 rings (SSSR count). The molecule has 0 spiro atoms. The molecule has 0 bridgehead atoms. The Morgan fingerprint density at radius 1 is 1.11 bits per heavy atom. The van der Waals surface area contributed by atoms with Crippen LogP contribution in [0.25, 0.3) is 0 Å². The van der Waals surface area contributed by atoms with Gasteiger partial charge in [0, 0.05) is 38.4 Å². The molecule has 2 amide bonds. The zero-order valence-electron chi connectivity index (χ0n) is 21.7. The summed E-state index contributed by atoms with van der Waals surface area (Å²) in [6.45, 7) is 8.78. The van der Waals surface area contributed by atoms with Crippen LogP contribution in [-0.2, 0) is 9.59 Å². The van der Waals surface area contributed by atoms with E-state index < -0.39 is 11.9 Å². The maximum atomic E-state index is 13.6. The highest BCUT2D eigenvalue weighted by Gasteiger charge is 2.44. The van der Waals surface area contributed by atoms with Crippen molar-refractivity contribution < 1.29 is 18.7 Å². The minimum Gasteiger partial charge on any atom is -0.495 e. The lowest BCUT2D eigenvalue weighted by molar-refractivity contribution is -0.124. The smallest absolute Gasteiger partial charge is 0.256 e.